The summed E-state index contributed by atoms with van der Waals surface area (Å²) >= 11 is 0. The molecule has 0 bridgehead atoms. The van der Waals surface area contributed by atoms with E-state index in [1.54, 1.807) is 48.5 Å². The average Bonchev–Trinajstić information content (AvgIpc) is 3.17. The first-order valence-electron chi connectivity index (χ1n) is 13.2. The Morgan fingerprint density at radius 2 is 1.39 bits per heavy atom. The smallest absolute Gasteiger partial charge is 0.260 e. The van der Waals surface area contributed by atoms with Crippen LogP contribution < -0.4 is 10.1 Å². The molecule has 192 valence electrons. The number of anilines is 1. The van der Waals surface area contributed by atoms with E-state index in [-0.39, 0.29) is 36.4 Å². The van der Waals surface area contributed by atoms with Crippen LogP contribution in [-0.4, -0.2) is 59.3 Å². The summed E-state index contributed by atoms with van der Waals surface area (Å²) in [5.41, 5.74) is 1.75. The van der Waals surface area contributed by atoms with Gasteiger partial charge in [-0.25, -0.2) is 0 Å². The number of carbonyl (C=O) groups excluding carboxylic acids is 3. The van der Waals surface area contributed by atoms with Crippen LogP contribution in [0.25, 0.3) is 0 Å². The lowest BCUT2D eigenvalue weighted by Gasteiger charge is -2.38. The van der Waals surface area contributed by atoms with Crippen LogP contribution in [-0.2, 0) is 4.79 Å². The third-order valence-electron chi connectivity index (χ3n) is 7.24. The van der Waals surface area contributed by atoms with Gasteiger partial charge in [-0.2, -0.15) is 0 Å². The minimum atomic E-state index is -0.250. The van der Waals surface area contributed by atoms with Gasteiger partial charge in [0.25, 0.3) is 17.7 Å². The normalized spacial score (nSPS) is 20.4. The molecule has 0 spiro atoms. The van der Waals surface area contributed by atoms with Gasteiger partial charge in [0.1, 0.15) is 5.75 Å². The zero-order valence-corrected chi connectivity index (χ0v) is 21.4. The van der Waals surface area contributed by atoms with Crippen molar-refractivity contribution in [2.45, 2.75) is 70.9 Å². The third-order valence-corrected chi connectivity index (χ3v) is 7.24. The van der Waals surface area contributed by atoms with Crippen LogP contribution in [0, 0.1) is 0 Å². The minimum absolute atomic E-state index is 0.00529. The van der Waals surface area contributed by atoms with Gasteiger partial charge in [-0.05, 0) is 94.5 Å². The van der Waals surface area contributed by atoms with Crippen LogP contribution in [0.2, 0.25) is 0 Å². The summed E-state index contributed by atoms with van der Waals surface area (Å²) in [5.74, 6) is 0.344. The van der Waals surface area contributed by atoms with Gasteiger partial charge in [0.05, 0.1) is 0 Å². The molecule has 0 aromatic heterocycles. The van der Waals surface area contributed by atoms with E-state index in [1.807, 2.05) is 9.80 Å². The Bertz CT molecular complexity index is 1030. The number of hydrogen-bond donors (Lipinski definition) is 1. The van der Waals surface area contributed by atoms with Crippen molar-refractivity contribution < 1.29 is 19.1 Å². The molecular formula is C29H37N3O4. The molecule has 7 nitrogen and oxygen atoms in total. The van der Waals surface area contributed by atoms with Gasteiger partial charge in [0, 0.05) is 42.0 Å². The number of likely N-dealkylation sites (tertiary alicyclic amines) is 2. The van der Waals surface area contributed by atoms with Crippen molar-refractivity contribution in [1.29, 1.82) is 0 Å². The molecule has 2 heterocycles. The monoisotopic (exact) mass is 491 g/mol. The van der Waals surface area contributed by atoms with Gasteiger partial charge < -0.3 is 19.9 Å². The summed E-state index contributed by atoms with van der Waals surface area (Å²) in [5, 5.41) is 2.87. The van der Waals surface area contributed by atoms with E-state index in [9.17, 15) is 14.4 Å². The molecule has 2 aromatic rings. The van der Waals surface area contributed by atoms with Crippen molar-refractivity contribution in [3.63, 3.8) is 0 Å². The van der Waals surface area contributed by atoms with Crippen molar-refractivity contribution in [3.8, 4) is 5.75 Å². The van der Waals surface area contributed by atoms with Crippen molar-refractivity contribution in [2.75, 3.05) is 25.0 Å². The minimum Gasteiger partial charge on any atom is -0.484 e. The quantitative estimate of drug-likeness (QED) is 0.608. The first-order valence-corrected chi connectivity index (χ1v) is 13.2. The van der Waals surface area contributed by atoms with Crippen molar-refractivity contribution in [1.82, 2.24) is 9.80 Å². The maximum Gasteiger partial charge on any atom is 0.260 e. The molecule has 7 heteroatoms. The number of hydrogen-bond acceptors (Lipinski definition) is 4. The Kier molecular flexibility index (Phi) is 8.62. The zero-order chi connectivity index (χ0) is 25.5. The fourth-order valence-corrected chi connectivity index (χ4v) is 5.19. The Balaban J connectivity index is 1.28. The van der Waals surface area contributed by atoms with Gasteiger partial charge in [0.15, 0.2) is 6.61 Å². The summed E-state index contributed by atoms with van der Waals surface area (Å²) < 4.78 is 5.71. The highest BCUT2D eigenvalue weighted by atomic mass is 16.5. The van der Waals surface area contributed by atoms with E-state index < -0.39 is 0 Å². The van der Waals surface area contributed by atoms with E-state index in [0.29, 0.717) is 22.6 Å². The second kappa shape index (κ2) is 12.1. The van der Waals surface area contributed by atoms with Gasteiger partial charge >= 0.3 is 0 Å². The molecule has 0 saturated carbocycles. The predicted octanol–water partition coefficient (Wildman–Crippen LogP) is 5.12. The molecule has 2 aliphatic heterocycles. The highest BCUT2D eigenvalue weighted by Gasteiger charge is 2.29. The molecule has 2 aromatic carbocycles. The second-order valence-corrected chi connectivity index (χ2v) is 9.98. The van der Waals surface area contributed by atoms with E-state index in [1.165, 1.54) is 12.8 Å². The lowest BCUT2D eigenvalue weighted by atomic mass is 9.97. The lowest BCUT2D eigenvalue weighted by molar-refractivity contribution is -0.139. The SMILES string of the molecule is CC1CCCC(C)N1C(=O)COc1ccc(C(=O)Nc2ccc(C(=O)N3CCCCCC3)cc2)cc1. The summed E-state index contributed by atoms with van der Waals surface area (Å²) in [6.45, 7) is 5.77. The van der Waals surface area contributed by atoms with E-state index >= 15 is 0 Å². The molecule has 2 unspecified atom stereocenters. The second-order valence-electron chi connectivity index (χ2n) is 9.98. The molecule has 4 rings (SSSR count). The van der Waals surface area contributed by atoms with Crippen LogP contribution in [0.15, 0.2) is 48.5 Å². The van der Waals surface area contributed by atoms with E-state index in [0.717, 1.165) is 45.2 Å². The number of amides is 3. The first kappa shape index (κ1) is 25.7. The zero-order valence-electron chi connectivity index (χ0n) is 21.4. The Labute approximate surface area is 213 Å². The number of carbonyl (C=O) groups is 3. The highest BCUT2D eigenvalue weighted by Crippen LogP contribution is 2.23. The van der Waals surface area contributed by atoms with Gasteiger partial charge in [-0.15, -0.1) is 0 Å². The number of nitrogens with zero attached hydrogens (tertiary/aromatic N) is 2. The molecule has 2 atom stereocenters. The van der Waals surface area contributed by atoms with Crippen LogP contribution in [0.1, 0.15) is 79.5 Å². The topological polar surface area (TPSA) is 79.0 Å². The molecule has 3 amide bonds. The summed E-state index contributed by atoms with van der Waals surface area (Å²) in [6, 6.07) is 14.3. The van der Waals surface area contributed by atoms with Gasteiger partial charge in [0.2, 0.25) is 0 Å². The maximum atomic E-state index is 12.8. The maximum absolute atomic E-state index is 12.8. The molecule has 2 fully saturated rings. The molecular weight excluding hydrogens is 454 g/mol. The lowest BCUT2D eigenvalue weighted by Crippen LogP contribution is -2.49. The largest absolute Gasteiger partial charge is 0.484 e. The van der Waals surface area contributed by atoms with Crippen LogP contribution >= 0.6 is 0 Å². The first-order chi connectivity index (χ1) is 17.4. The van der Waals surface area contributed by atoms with Crippen molar-refractivity contribution in [3.05, 3.63) is 59.7 Å². The van der Waals surface area contributed by atoms with Gasteiger partial charge in [-0.3, -0.25) is 14.4 Å². The number of ether oxygens (including phenoxy) is 1. The number of piperidine rings is 1. The predicted molar refractivity (Wildman–Crippen MR) is 140 cm³/mol. The van der Waals surface area contributed by atoms with Crippen LogP contribution in [0.4, 0.5) is 5.69 Å². The fourth-order valence-electron chi connectivity index (χ4n) is 5.19. The Morgan fingerprint density at radius 3 is 2.00 bits per heavy atom. The average molecular weight is 492 g/mol. The van der Waals surface area contributed by atoms with Gasteiger partial charge in [-0.1, -0.05) is 12.8 Å². The third kappa shape index (κ3) is 6.45. The molecule has 2 saturated heterocycles. The molecule has 1 N–H and O–H groups in total. The summed E-state index contributed by atoms with van der Waals surface area (Å²) in [4.78, 5) is 42.0. The van der Waals surface area contributed by atoms with Crippen LogP contribution in [0.5, 0.6) is 5.75 Å². The fraction of sp³-hybridized carbons (Fsp3) is 0.483. The Morgan fingerprint density at radius 1 is 0.806 bits per heavy atom. The standard InChI is InChI=1S/C29H37N3O4/c1-21-8-7-9-22(2)32(21)27(33)20-36-26-16-12-23(13-17-26)28(34)30-25-14-10-24(11-15-25)29(35)31-18-5-3-4-6-19-31/h10-17,21-22H,3-9,18-20H2,1-2H3,(H,30,34). The van der Waals surface area contributed by atoms with E-state index in [2.05, 4.69) is 19.2 Å². The molecule has 0 radical (unpaired) electrons. The molecule has 2 aliphatic rings. The number of nitrogens with one attached hydrogen (secondary N) is 1. The number of benzene rings is 2. The highest BCUT2D eigenvalue weighted by molar-refractivity contribution is 6.04. The number of rotatable bonds is 6. The summed E-state index contributed by atoms with van der Waals surface area (Å²) in [7, 11) is 0. The molecule has 36 heavy (non-hydrogen) atoms. The Hall–Kier alpha value is -3.35. The van der Waals surface area contributed by atoms with E-state index in [4.69, 9.17) is 4.74 Å². The summed E-state index contributed by atoms with van der Waals surface area (Å²) in [6.07, 6.45) is 7.66. The van der Waals surface area contributed by atoms with Crippen LogP contribution in [0.3, 0.4) is 0 Å². The molecule has 0 aliphatic carbocycles. The van der Waals surface area contributed by atoms with Crippen molar-refractivity contribution in [2.24, 2.45) is 0 Å². The van der Waals surface area contributed by atoms with Crippen molar-refractivity contribution >= 4 is 23.4 Å².